The minimum atomic E-state index is 0.0660. The summed E-state index contributed by atoms with van der Waals surface area (Å²) in [5.41, 5.74) is 8.36. The van der Waals surface area contributed by atoms with Gasteiger partial charge in [-0.2, -0.15) is 0 Å². The smallest absolute Gasteiger partial charge is 0.0492 e. The van der Waals surface area contributed by atoms with Crippen molar-refractivity contribution >= 4 is 21.8 Å². The Labute approximate surface area is 149 Å². The number of hydrogen-bond acceptors (Lipinski definition) is 0. The molecular weight excluding hydrogens is 302 g/mol. The fourth-order valence-electron chi connectivity index (χ4n) is 4.35. The second-order valence-corrected chi connectivity index (χ2v) is 7.16. The molecule has 0 radical (unpaired) electrons. The van der Waals surface area contributed by atoms with Crippen molar-refractivity contribution < 1.29 is 0 Å². The zero-order valence-corrected chi connectivity index (χ0v) is 15.7. The number of rotatable bonds is 0. The predicted octanol–water partition coefficient (Wildman–Crippen LogP) is 6.66. The third kappa shape index (κ3) is 2.02. The van der Waals surface area contributed by atoms with Crippen molar-refractivity contribution in [1.29, 1.82) is 0 Å². The Morgan fingerprint density at radius 2 is 1.36 bits per heavy atom. The van der Waals surface area contributed by atoms with Crippen LogP contribution in [-0.2, 0) is 12.5 Å². The lowest BCUT2D eigenvalue weighted by Gasteiger charge is -2.21. The van der Waals surface area contributed by atoms with Crippen LogP contribution in [0.25, 0.3) is 32.9 Å². The van der Waals surface area contributed by atoms with Gasteiger partial charge in [-0.05, 0) is 40.5 Å². The molecule has 0 N–H and O–H groups in total. The SMILES string of the molecule is CC.Cn1c2ccccc2c2cc3c(cc21)C(C)(C)c1ccccc1-3. The molecule has 1 heteroatoms. The Hall–Kier alpha value is -2.54. The predicted molar refractivity (Wildman–Crippen MR) is 109 cm³/mol. The second-order valence-electron chi connectivity index (χ2n) is 7.16. The van der Waals surface area contributed by atoms with Gasteiger partial charge >= 0.3 is 0 Å². The lowest BCUT2D eigenvalue weighted by Crippen LogP contribution is -2.14. The van der Waals surface area contributed by atoms with Crippen LogP contribution >= 0.6 is 0 Å². The van der Waals surface area contributed by atoms with E-state index >= 15 is 0 Å². The summed E-state index contributed by atoms with van der Waals surface area (Å²) >= 11 is 0. The first-order chi connectivity index (χ1) is 12.1. The highest BCUT2D eigenvalue weighted by molar-refractivity contribution is 6.10. The van der Waals surface area contributed by atoms with Gasteiger partial charge in [0.05, 0.1) is 0 Å². The van der Waals surface area contributed by atoms with E-state index in [9.17, 15) is 0 Å². The molecule has 0 aliphatic heterocycles. The maximum atomic E-state index is 2.41. The summed E-state index contributed by atoms with van der Waals surface area (Å²) < 4.78 is 2.32. The monoisotopic (exact) mass is 327 g/mol. The van der Waals surface area contributed by atoms with Gasteiger partial charge in [-0.25, -0.2) is 0 Å². The van der Waals surface area contributed by atoms with Crippen LogP contribution in [0.5, 0.6) is 0 Å². The highest BCUT2D eigenvalue weighted by atomic mass is 14.9. The maximum absolute atomic E-state index is 2.41. The van der Waals surface area contributed by atoms with E-state index in [4.69, 9.17) is 0 Å². The molecule has 1 heterocycles. The first kappa shape index (κ1) is 16.0. The molecule has 3 aromatic carbocycles. The van der Waals surface area contributed by atoms with Gasteiger partial charge < -0.3 is 4.57 Å². The molecule has 0 fully saturated rings. The van der Waals surface area contributed by atoms with Gasteiger partial charge in [-0.1, -0.05) is 70.2 Å². The maximum Gasteiger partial charge on any atom is 0.0492 e. The third-order valence-corrected chi connectivity index (χ3v) is 5.62. The summed E-state index contributed by atoms with van der Waals surface area (Å²) in [6.45, 7) is 8.68. The van der Waals surface area contributed by atoms with Crippen LogP contribution in [0.4, 0.5) is 0 Å². The first-order valence-electron chi connectivity index (χ1n) is 9.20. The topological polar surface area (TPSA) is 4.93 Å². The van der Waals surface area contributed by atoms with Crippen LogP contribution in [-0.4, -0.2) is 4.57 Å². The van der Waals surface area contributed by atoms with E-state index in [0.29, 0.717) is 0 Å². The Morgan fingerprint density at radius 1 is 0.680 bits per heavy atom. The number of aryl methyl sites for hydroxylation is 1. The van der Waals surface area contributed by atoms with Crippen molar-refractivity contribution in [3.05, 3.63) is 71.8 Å². The average molecular weight is 327 g/mol. The van der Waals surface area contributed by atoms with Crippen molar-refractivity contribution in [2.75, 3.05) is 0 Å². The molecule has 1 aliphatic carbocycles. The van der Waals surface area contributed by atoms with E-state index in [-0.39, 0.29) is 5.41 Å². The zero-order chi connectivity index (χ0) is 17.8. The molecule has 0 saturated carbocycles. The fourth-order valence-corrected chi connectivity index (χ4v) is 4.35. The third-order valence-electron chi connectivity index (χ3n) is 5.62. The number of hydrogen-bond donors (Lipinski definition) is 0. The number of nitrogens with zero attached hydrogens (tertiary/aromatic N) is 1. The van der Waals surface area contributed by atoms with Gasteiger partial charge in [0.15, 0.2) is 0 Å². The van der Waals surface area contributed by atoms with Crippen molar-refractivity contribution in [2.45, 2.75) is 33.1 Å². The lowest BCUT2D eigenvalue weighted by molar-refractivity contribution is 0.661. The van der Waals surface area contributed by atoms with Gasteiger partial charge in [-0.15, -0.1) is 0 Å². The van der Waals surface area contributed by atoms with Crippen LogP contribution < -0.4 is 0 Å². The standard InChI is InChI=1S/C22H19N.C2H6/c1-22(2)18-10-6-4-8-14(18)16-12-17-15-9-5-7-11-20(15)23(3)21(17)13-19(16)22;1-2/h4-13H,1-3H3;1-2H3. The normalized spacial score (nSPS) is 14.1. The minimum Gasteiger partial charge on any atom is -0.344 e. The zero-order valence-electron chi connectivity index (χ0n) is 15.7. The summed E-state index contributed by atoms with van der Waals surface area (Å²) in [6.07, 6.45) is 0. The van der Waals surface area contributed by atoms with E-state index < -0.39 is 0 Å². The van der Waals surface area contributed by atoms with E-state index in [1.165, 1.54) is 44.1 Å². The van der Waals surface area contributed by atoms with Crippen LogP contribution in [0.15, 0.2) is 60.7 Å². The summed E-state index contributed by atoms with van der Waals surface area (Å²) in [6, 6.07) is 22.3. The molecule has 5 rings (SSSR count). The van der Waals surface area contributed by atoms with Crippen molar-refractivity contribution in [2.24, 2.45) is 7.05 Å². The molecule has 4 aromatic rings. The Kier molecular flexibility index (Phi) is 3.50. The Balaban J connectivity index is 0.000000758. The van der Waals surface area contributed by atoms with Crippen molar-refractivity contribution in [1.82, 2.24) is 4.57 Å². The highest BCUT2D eigenvalue weighted by Gasteiger charge is 2.35. The van der Waals surface area contributed by atoms with E-state index in [1.807, 2.05) is 13.8 Å². The largest absolute Gasteiger partial charge is 0.344 e. The molecule has 126 valence electrons. The molecular formula is C24H25N. The quantitative estimate of drug-likeness (QED) is 0.340. The first-order valence-corrected chi connectivity index (χ1v) is 9.20. The molecule has 1 aromatic heterocycles. The molecule has 0 saturated heterocycles. The van der Waals surface area contributed by atoms with Gasteiger partial charge in [0.25, 0.3) is 0 Å². The Morgan fingerprint density at radius 3 is 2.16 bits per heavy atom. The summed E-state index contributed by atoms with van der Waals surface area (Å²) in [5, 5.41) is 2.70. The van der Waals surface area contributed by atoms with Gasteiger partial charge in [-0.3, -0.25) is 0 Å². The molecule has 0 amide bonds. The van der Waals surface area contributed by atoms with Gasteiger partial charge in [0.1, 0.15) is 0 Å². The molecule has 25 heavy (non-hydrogen) atoms. The molecule has 1 aliphatic rings. The molecule has 0 bridgehead atoms. The van der Waals surface area contributed by atoms with Crippen LogP contribution in [0.1, 0.15) is 38.8 Å². The van der Waals surface area contributed by atoms with E-state index in [0.717, 1.165) is 0 Å². The van der Waals surface area contributed by atoms with Crippen LogP contribution in [0.3, 0.4) is 0 Å². The fraction of sp³-hybridized carbons (Fsp3) is 0.250. The molecule has 0 atom stereocenters. The number of aromatic nitrogens is 1. The van der Waals surface area contributed by atoms with Crippen molar-refractivity contribution in [3.8, 4) is 11.1 Å². The molecule has 1 nitrogen and oxygen atoms in total. The summed E-state index contributed by atoms with van der Waals surface area (Å²) in [4.78, 5) is 0. The van der Waals surface area contributed by atoms with Crippen LogP contribution in [0.2, 0.25) is 0 Å². The average Bonchev–Trinajstić information content (AvgIpc) is 3.06. The van der Waals surface area contributed by atoms with Crippen LogP contribution in [0, 0.1) is 0 Å². The van der Waals surface area contributed by atoms with E-state index in [2.05, 4.69) is 86.1 Å². The minimum absolute atomic E-state index is 0.0660. The Bertz CT molecular complexity index is 1100. The molecule has 0 spiro atoms. The number of para-hydroxylation sites is 1. The number of benzene rings is 3. The summed E-state index contributed by atoms with van der Waals surface area (Å²) in [7, 11) is 2.17. The lowest BCUT2D eigenvalue weighted by atomic mass is 9.82. The number of fused-ring (bicyclic) bond motifs is 6. The van der Waals surface area contributed by atoms with Gasteiger partial charge in [0, 0.05) is 34.3 Å². The molecule has 0 unspecified atom stereocenters. The van der Waals surface area contributed by atoms with Gasteiger partial charge in [0.2, 0.25) is 0 Å². The summed E-state index contributed by atoms with van der Waals surface area (Å²) in [5.74, 6) is 0. The second kappa shape index (κ2) is 5.49. The highest BCUT2D eigenvalue weighted by Crippen LogP contribution is 2.50. The van der Waals surface area contributed by atoms with E-state index in [1.54, 1.807) is 0 Å². The van der Waals surface area contributed by atoms with Crippen molar-refractivity contribution in [3.63, 3.8) is 0 Å².